The van der Waals surface area contributed by atoms with Crippen LogP contribution >= 0.6 is 11.3 Å². The molecule has 0 bridgehead atoms. The molecular weight excluding hydrogens is 408 g/mol. The van der Waals surface area contributed by atoms with Crippen LogP contribution in [-0.2, 0) is 11.3 Å². The maximum atomic E-state index is 12.5. The lowest BCUT2D eigenvalue weighted by Crippen LogP contribution is -2.11. The number of benzene rings is 1. The lowest BCUT2D eigenvalue weighted by molar-refractivity contribution is 0.0463. The Morgan fingerprint density at radius 1 is 1.13 bits per heavy atom. The second-order valence-corrected chi connectivity index (χ2v) is 7.99. The maximum absolute atomic E-state index is 12.5. The number of aromatic nitrogens is 3. The second kappa shape index (κ2) is 9.49. The highest BCUT2D eigenvalue weighted by atomic mass is 32.1. The third-order valence-corrected chi connectivity index (χ3v) is 5.04. The molecule has 9 nitrogen and oxygen atoms in total. The Morgan fingerprint density at radius 3 is 2.50 bits per heavy atom. The van der Waals surface area contributed by atoms with E-state index in [4.69, 9.17) is 9.47 Å². The van der Waals surface area contributed by atoms with Gasteiger partial charge >= 0.3 is 5.97 Å². The van der Waals surface area contributed by atoms with Crippen LogP contribution in [0.5, 0.6) is 5.75 Å². The van der Waals surface area contributed by atoms with E-state index in [-0.39, 0.29) is 18.4 Å². The predicted molar refractivity (Wildman–Crippen MR) is 110 cm³/mol. The zero-order valence-corrected chi connectivity index (χ0v) is 17.9. The fourth-order valence-electron chi connectivity index (χ4n) is 2.35. The van der Waals surface area contributed by atoms with Crippen LogP contribution in [0.4, 0.5) is 5.13 Å². The maximum Gasteiger partial charge on any atom is 0.350 e. The van der Waals surface area contributed by atoms with Crippen molar-refractivity contribution in [2.75, 3.05) is 11.9 Å². The van der Waals surface area contributed by atoms with Gasteiger partial charge in [0.2, 0.25) is 0 Å². The molecule has 3 rings (SSSR count). The number of ether oxygens (including phenoxy) is 2. The standard InChI is InChI=1S/C20H22N4O5S/c1-11(2)9-28-19(26)17-13(4)21-20(30-17)22-18(25)14-5-7-15(8-6-14)27-10-16-12(3)23-29-24-16/h5-8,11H,9-10H2,1-4H3,(H,21,22,25). The number of esters is 1. The summed E-state index contributed by atoms with van der Waals surface area (Å²) >= 11 is 1.09. The normalized spacial score (nSPS) is 10.8. The fourth-order valence-corrected chi connectivity index (χ4v) is 3.21. The lowest BCUT2D eigenvalue weighted by atomic mass is 10.2. The molecule has 2 heterocycles. The van der Waals surface area contributed by atoms with E-state index in [1.165, 1.54) is 0 Å². The highest BCUT2D eigenvalue weighted by molar-refractivity contribution is 7.17. The van der Waals surface area contributed by atoms with E-state index >= 15 is 0 Å². The minimum atomic E-state index is -0.432. The van der Waals surface area contributed by atoms with Gasteiger partial charge in [0.1, 0.15) is 28.6 Å². The van der Waals surface area contributed by atoms with E-state index in [0.29, 0.717) is 45.0 Å². The van der Waals surface area contributed by atoms with E-state index in [1.807, 2.05) is 13.8 Å². The first kappa shape index (κ1) is 21.4. The molecule has 1 N–H and O–H groups in total. The molecule has 0 fully saturated rings. The quantitative estimate of drug-likeness (QED) is 0.537. The van der Waals surface area contributed by atoms with Crippen molar-refractivity contribution in [3.05, 3.63) is 51.8 Å². The van der Waals surface area contributed by atoms with Crippen LogP contribution in [0, 0.1) is 19.8 Å². The Labute approximate surface area is 177 Å². The van der Waals surface area contributed by atoms with Crippen molar-refractivity contribution in [1.29, 1.82) is 0 Å². The molecule has 0 saturated heterocycles. The number of carbonyl (C=O) groups is 2. The van der Waals surface area contributed by atoms with Crippen molar-refractivity contribution < 1.29 is 23.7 Å². The molecular formula is C20H22N4O5S. The van der Waals surface area contributed by atoms with Crippen LogP contribution in [0.2, 0.25) is 0 Å². The molecule has 1 amide bonds. The Morgan fingerprint density at radius 2 is 1.87 bits per heavy atom. The van der Waals surface area contributed by atoms with Crippen molar-refractivity contribution >= 4 is 28.3 Å². The lowest BCUT2D eigenvalue weighted by Gasteiger charge is -2.06. The number of thiazole rings is 1. The third kappa shape index (κ3) is 5.41. The van der Waals surface area contributed by atoms with Gasteiger partial charge in [-0.1, -0.05) is 35.5 Å². The van der Waals surface area contributed by atoms with Gasteiger partial charge in [0.25, 0.3) is 5.91 Å². The molecule has 10 heteroatoms. The van der Waals surface area contributed by atoms with Gasteiger partial charge in [0, 0.05) is 5.56 Å². The van der Waals surface area contributed by atoms with Gasteiger partial charge in [-0.25, -0.2) is 14.4 Å². The van der Waals surface area contributed by atoms with Gasteiger partial charge < -0.3 is 9.47 Å². The molecule has 0 spiro atoms. The summed E-state index contributed by atoms with van der Waals surface area (Å²) in [7, 11) is 0. The average Bonchev–Trinajstić information content (AvgIpc) is 3.29. The molecule has 1 aromatic carbocycles. The largest absolute Gasteiger partial charge is 0.487 e. The van der Waals surface area contributed by atoms with Crippen molar-refractivity contribution in [2.24, 2.45) is 5.92 Å². The molecule has 30 heavy (non-hydrogen) atoms. The first-order chi connectivity index (χ1) is 14.3. The zero-order chi connectivity index (χ0) is 21.7. The van der Waals surface area contributed by atoms with Gasteiger partial charge in [-0.15, -0.1) is 0 Å². The smallest absolute Gasteiger partial charge is 0.350 e. The third-order valence-electron chi connectivity index (χ3n) is 3.99. The van der Waals surface area contributed by atoms with Gasteiger partial charge in [-0.05, 0) is 44.0 Å². The van der Waals surface area contributed by atoms with Crippen molar-refractivity contribution in [3.8, 4) is 5.75 Å². The molecule has 158 valence electrons. The monoisotopic (exact) mass is 430 g/mol. The summed E-state index contributed by atoms with van der Waals surface area (Å²) in [6, 6.07) is 6.63. The Hall–Kier alpha value is -3.27. The first-order valence-electron chi connectivity index (χ1n) is 9.30. The summed E-state index contributed by atoms with van der Waals surface area (Å²) in [5, 5.41) is 10.5. The van der Waals surface area contributed by atoms with Crippen LogP contribution in [0.3, 0.4) is 0 Å². The van der Waals surface area contributed by atoms with Crippen molar-refractivity contribution in [3.63, 3.8) is 0 Å². The topological polar surface area (TPSA) is 116 Å². The van der Waals surface area contributed by atoms with E-state index in [1.54, 1.807) is 38.1 Å². The number of nitrogens with zero attached hydrogens (tertiary/aromatic N) is 3. The minimum Gasteiger partial charge on any atom is -0.487 e. The Bertz CT molecular complexity index is 1030. The number of carbonyl (C=O) groups excluding carboxylic acids is 2. The highest BCUT2D eigenvalue weighted by Crippen LogP contribution is 2.24. The number of hydrogen-bond acceptors (Lipinski definition) is 9. The molecule has 0 radical (unpaired) electrons. The molecule has 0 atom stereocenters. The Balaban J connectivity index is 1.58. The minimum absolute atomic E-state index is 0.217. The zero-order valence-electron chi connectivity index (χ0n) is 17.1. The summed E-state index contributed by atoms with van der Waals surface area (Å²) in [5.74, 6) is 0.0476. The number of hydrogen-bond donors (Lipinski definition) is 1. The molecule has 2 aromatic heterocycles. The van der Waals surface area contributed by atoms with Gasteiger partial charge in [-0.2, -0.15) is 0 Å². The first-order valence-corrected chi connectivity index (χ1v) is 10.1. The van der Waals surface area contributed by atoms with Crippen LogP contribution in [0.15, 0.2) is 28.9 Å². The van der Waals surface area contributed by atoms with Crippen LogP contribution < -0.4 is 10.1 Å². The summed E-state index contributed by atoms with van der Waals surface area (Å²) in [6.07, 6.45) is 0. The van der Waals surface area contributed by atoms with Gasteiger partial charge in [-0.3, -0.25) is 10.1 Å². The Kier molecular flexibility index (Phi) is 6.78. The molecule has 0 aliphatic carbocycles. The second-order valence-electron chi connectivity index (χ2n) is 6.99. The number of rotatable bonds is 8. The van der Waals surface area contributed by atoms with Crippen molar-refractivity contribution in [1.82, 2.24) is 15.3 Å². The van der Waals surface area contributed by atoms with E-state index in [2.05, 4.69) is 25.2 Å². The van der Waals surface area contributed by atoms with Crippen molar-refractivity contribution in [2.45, 2.75) is 34.3 Å². The molecule has 0 aliphatic heterocycles. The fraction of sp³-hybridized carbons (Fsp3) is 0.350. The molecule has 3 aromatic rings. The van der Waals surface area contributed by atoms with Gasteiger partial charge in [0.15, 0.2) is 5.13 Å². The number of amides is 1. The van der Waals surface area contributed by atoms with Crippen LogP contribution in [-0.4, -0.2) is 33.8 Å². The average molecular weight is 430 g/mol. The number of nitrogens with one attached hydrogen (secondary N) is 1. The van der Waals surface area contributed by atoms with Gasteiger partial charge in [0.05, 0.1) is 12.3 Å². The molecule has 0 aliphatic rings. The summed E-state index contributed by atoms with van der Waals surface area (Å²) in [4.78, 5) is 29.3. The summed E-state index contributed by atoms with van der Waals surface area (Å²) in [6.45, 7) is 7.95. The van der Waals surface area contributed by atoms with E-state index in [9.17, 15) is 9.59 Å². The van der Waals surface area contributed by atoms with E-state index < -0.39 is 5.97 Å². The SMILES string of the molecule is Cc1nonc1COc1ccc(C(=O)Nc2nc(C)c(C(=O)OCC(C)C)s2)cc1. The number of anilines is 1. The van der Waals surface area contributed by atoms with E-state index in [0.717, 1.165) is 11.3 Å². The molecule has 0 unspecified atom stereocenters. The highest BCUT2D eigenvalue weighted by Gasteiger charge is 2.19. The summed E-state index contributed by atoms with van der Waals surface area (Å²) in [5.41, 5.74) is 2.22. The molecule has 0 saturated carbocycles. The summed E-state index contributed by atoms with van der Waals surface area (Å²) < 4.78 is 15.5. The number of aryl methyl sites for hydroxylation is 2. The van der Waals surface area contributed by atoms with Crippen LogP contribution in [0.25, 0.3) is 0 Å². The van der Waals surface area contributed by atoms with Crippen LogP contribution in [0.1, 0.15) is 51.0 Å². The predicted octanol–water partition coefficient (Wildman–Crippen LogP) is 3.79.